The third kappa shape index (κ3) is 1.60. The topological polar surface area (TPSA) is 78.4 Å². The molecule has 3 rings (SSSR count). The fourth-order valence-electron chi connectivity index (χ4n) is 2.35. The lowest BCUT2D eigenvalue weighted by molar-refractivity contribution is -0.567. The normalized spacial score (nSPS) is 22.3. The second-order valence-electron chi connectivity index (χ2n) is 4.44. The van der Waals surface area contributed by atoms with E-state index in [0.29, 0.717) is 12.2 Å². The van der Waals surface area contributed by atoms with E-state index in [4.69, 9.17) is 10.5 Å². The van der Waals surface area contributed by atoms with Crippen molar-refractivity contribution >= 4 is 10.8 Å². The van der Waals surface area contributed by atoms with E-state index < -0.39 is 17.2 Å². The Hall–Kier alpha value is -2.14. The first-order valence-corrected chi connectivity index (χ1v) is 5.73. The van der Waals surface area contributed by atoms with Gasteiger partial charge in [-0.15, -0.1) is 0 Å². The zero-order valence-corrected chi connectivity index (χ0v) is 9.58. The summed E-state index contributed by atoms with van der Waals surface area (Å²) in [6, 6.07) is 11.0. The minimum Gasteiger partial charge on any atom is -0.428 e. The summed E-state index contributed by atoms with van der Waals surface area (Å²) in [4.78, 5) is 10.4. The molecule has 18 heavy (non-hydrogen) atoms. The number of rotatable bonds is 1. The van der Waals surface area contributed by atoms with E-state index in [1.807, 2.05) is 36.4 Å². The Morgan fingerprint density at radius 2 is 2.06 bits per heavy atom. The molecule has 5 nitrogen and oxygen atoms in total. The lowest BCUT2D eigenvalue weighted by Gasteiger charge is -2.26. The van der Waals surface area contributed by atoms with Gasteiger partial charge in [0, 0.05) is 11.8 Å². The smallest absolute Gasteiger partial charge is 0.369 e. The van der Waals surface area contributed by atoms with Crippen molar-refractivity contribution < 1.29 is 9.66 Å². The Bertz CT molecular complexity index is 627. The minimum atomic E-state index is -1.16. The highest BCUT2D eigenvalue weighted by Gasteiger charge is 2.36. The largest absolute Gasteiger partial charge is 0.428 e. The van der Waals surface area contributed by atoms with Gasteiger partial charge in [-0.3, -0.25) is 10.1 Å². The highest BCUT2D eigenvalue weighted by Crippen LogP contribution is 2.34. The summed E-state index contributed by atoms with van der Waals surface area (Å²) < 4.78 is 5.49. The molecule has 92 valence electrons. The molecule has 5 heteroatoms. The van der Waals surface area contributed by atoms with E-state index in [0.717, 1.165) is 16.3 Å². The van der Waals surface area contributed by atoms with Crippen molar-refractivity contribution in [3.05, 3.63) is 52.1 Å². The summed E-state index contributed by atoms with van der Waals surface area (Å²) in [7, 11) is 0. The molecule has 0 radical (unpaired) electrons. The molecule has 0 saturated heterocycles. The van der Waals surface area contributed by atoms with Gasteiger partial charge in [0.2, 0.25) is 0 Å². The molecule has 1 heterocycles. The predicted molar refractivity (Wildman–Crippen MR) is 67.0 cm³/mol. The van der Waals surface area contributed by atoms with Gasteiger partial charge < -0.3 is 10.5 Å². The molecule has 2 unspecified atom stereocenters. The number of nitrogens with two attached hydrogens (primary N) is 1. The monoisotopic (exact) mass is 244 g/mol. The molecule has 0 bridgehead atoms. The maximum atomic E-state index is 10.9. The summed E-state index contributed by atoms with van der Waals surface area (Å²) in [5.74, 6) is 0.594. The van der Waals surface area contributed by atoms with Gasteiger partial charge in [-0.25, -0.2) is 0 Å². The van der Waals surface area contributed by atoms with Gasteiger partial charge in [-0.1, -0.05) is 36.4 Å². The number of ether oxygens (including phenoxy) is 1. The van der Waals surface area contributed by atoms with Gasteiger partial charge in [-0.05, 0) is 10.9 Å². The Morgan fingerprint density at radius 3 is 2.83 bits per heavy atom. The van der Waals surface area contributed by atoms with Crippen LogP contribution >= 0.6 is 0 Å². The van der Waals surface area contributed by atoms with Crippen molar-refractivity contribution in [1.82, 2.24) is 0 Å². The first kappa shape index (κ1) is 11.0. The van der Waals surface area contributed by atoms with Crippen LogP contribution in [-0.2, 0) is 6.42 Å². The molecular formula is C13H12N2O3. The number of nitro groups is 1. The second kappa shape index (κ2) is 3.96. The summed E-state index contributed by atoms with van der Waals surface area (Å²) in [5, 5.41) is 12.8. The lowest BCUT2D eigenvalue weighted by Crippen LogP contribution is -2.48. The summed E-state index contributed by atoms with van der Waals surface area (Å²) in [6.07, 6.45) is -0.700. The fourth-order valence-corrected chi connectivity index (χ4v) is 2.35. The van der Waals surface area contributed by atoms with E-state index in [2.05, 4.69) is 0 Å². The average Bonchev–Trinajstić information content (AvgIpc) is 2.37. The molecule has 0 aliphatic carbocycles. The van der Waals surface area contributed by atoms with Gasteiger partial charge in [0.1, 0.15) is 11.8 Å². The first-order valence-electron chi connectivity index (χ1n) is 5.73. The Labute approximate surface area is 103 Å². The molecule has 2 N–H and O–H groups in total. The van der Waals surface area contributed by atoms with Crippen LogP contribution in [0.2, 0.25) is 0 Å². The summed E-state index contributed by atoms with van der Waals surface area (Å²) in [6.45, 7) is 0. The van der Waals surface area contributed by atoms with Crippen LogP contribution in [0.5, 0.6) is 5.75 Å². The van der Waals surface area contributed by atoms with Crippen LogP contribution in [0.25, 0.3) is 10.8 Å². The van der Waals surface area contributed by atoms with E-state index in [-0.39, 0.29) is 0 Å². The quantitative estimate of drug-likeness (QED) is 0.611. The van der Waals surface area contributed by atoms with E-state index in [1.54, 1.807) is 0 Å². The van der Waals surface area contributed by atoms with Crippen molar-refractivity contribution in [1.29, 1.82) is 0 Å². The number of fused-ring (bicyclic) bond motifs is 3. The predicted octanol–water partition coefficient (Wildman–Crippen LogP) is 1.70. The molecular weight excluding hydrogens is 232 g/mol. The van der Waals surface area contributed by atoms with Crippen LogP contribution in [-0.4, -0.2) is 17.2 Å². The molecule has 2 atom stereocenters. The van der Waals surface area contributed by atoms with Gasteiger partial charge in [0.15, 0.2) is 0 Å². The van der Waals surface area contributed by atoms with Crippen LogP contribution < -0.4 is 10.5 Å². The molecule has 1 aliphatic rings. The molecule has 0 saturated carbocycles. The van der Waals surface area contributed by atoms with Crippen LogP contribution in [0, 0.1) is 10.1 Å². The average molecular weight is 244 g/mol. The minimum absolute atomic E-state index is 0.463. The SMILES string of the molecule is NC1Cc2ccc3ccccc3c2OC1[N+](=O)[O-]. The lowest BCUT2D eigenvalue weighted by atomic mass is 9.97. The van der Waals surface area contributed by atoms with Gasteiger partial charge in [-0.2, -0.15) is 0 Å². The van der Waals surface area contributed by atoms with Crippen molar-refractivity contribution in [3.63, 3.8) is 0 Å². The van der Waals surface area contributed by atoms with Crippen molar-refractivity contribution in [2.24, 2.45) is 5.73 Å². The number of nitrogens with zero attached hydrogens (tertiary/aromatic N) is 1. The Kier molecular flexibility index (Phi) is 2.41. The second-order valence-corrected chi connectivity index (χ2v) is 4.44. The number of hydrogen-bond acceptors (Lipinski definition) is 4. The molecule has 0 spiro atoms. The third-order valence-corrected chi connectivity index (χ3v) is 3.23. The van der Waals surface area contributed by atoms with Crippen LogP contribution in [0.15, 0.2) is 36.4 Å². The fraction of sp³-hybridized carbons (Fsp3) is 0.231. The van der Waals surface area contributed by atoms with Crippen LogP contribution in [0.3, 0.4) is 0 Å². The van der Waals surface area contributed by atoms with E-state index in [1.165, 1.54) is 0 Å². The Morgan fingerprint density at radius 1 is 1.28 bits per heavy atom. The third-order valence-electron chi connectivity index (χ3n) is 3.23. The summed E-state index contributed by atoms with van der Waals surface area (Å²) in [5.41, 5.74) is 6.70. The highest BCUT2D eigenvalue weighted by atomic mass is 16.7. The maximum absolute atomic E-state index is 10.9. The zero-order chi connectivity index (χ0) is 12.7. The van der Waals surface area contributed by atoms with E-state index >= 15 is 0 Å². The maximum Gasteiger partial charge on any atom is 0.369 e. The van der Waals surface area contributed by atoms with Gasteiger partial charge in [0.05, 0.1) is 4.92 Å². The van der Waals surface area contributed by atoms with Gasteiger partial charge >= 0.3 is 6.23 Å². The van der Waals surface area contributed by atoms with Crippen LogP contribution in [0.4, 0.5) is 0 Å². The Balaban J connectivity index is 2.16. The molecule has 0 aromatic heterocycles. The van der Waals surface area contributed by atoms with Crippen molar-refractivity contribution in [2.45, 2.75) is 18.7 Å². The molecule has 2 aromatic rings. The molecule has 0 fully saturated rings. The molecule has 0 amide bonds. The zero-order valence-electron chi connectivity index (χ0n) is 9.58. The first-order chi connectivity index (χ1) is 8.66. The highest BCUT2D eigenvalue weighted by molar-refractivity contribution is 5.89. The number of benzene rings is 2. The van der Waals surface area contributed by atoms with Crippen molar-refractivity contribution in [3.8, 4) is 5.75 Å². The van der Waals surface area contributed by atoms with E-state index in [9.17, 15) is 10.1 Å². The standard InChI is InChI=1S/C13H12N2O3/c14-11-7-9-6-5-8-3-1-2-4-10(8)12(9)18-13(11)15(16)17/h1-6,11,13H,7,14H2. The summed E-state index contributed by atoms with van der Waals surface area (Å²) >= 11 is 0. The van der Waals surface area contributed by atoms with Crippen molar-refractivity contribution in [2.75, 3.05) is 0 Å². The molecule has 1 aliphatic heterocycles. The van der Waals surface area contributed by atoms with Crippen LogP contribution in [0.1, 0.15) is 5.56 Å². The molecule has 2 aromatic carbocycles. The number of hydrogen-bond donors (Lipinski definition) is 1. The van der Waals surface area contributed by atoms with Gasteiger partial charge in [0.25, 0.3) is 0 Å².